The maximum absolute atomic E-state index is 13.9. The number of halogens is 2. The Balaban J connectivity index is 1.59. The molecule has 0 radical (unpaired) electrons. The highest BCUT2D eigenvalue weighted by Gasteiger charge is 2.33. The minimum Gasteiger partial charge on any atom is -0.352 e. The molecule has 3 rings (SSSR count). The van der Waals surface area contributed by atoms with Gasteiger partial charge in [0.2, 0.25) is 15.9 Å². The molecule has 8 nitrogen and oxygen atoms in total. The average molecular weight is 426 g/mol. The first-order valence-corrected chi connectivity index (χ1v) is 10.4. The van der Waals surface area contributed by atoms with Crippen LogP contribution in [-0.4, -0.2) is 41.7 Å². The highest BCUT2D eigenvalue weighted by Crippen LogP contribution is 2.25. The summed E-state index contributed by atoms with van der Waals surface area (Å²) in [7, 11) is -4.12. The molecule has 1 amide bonds. The fourth-order valence-corrected chi connectivity index (χ4v) is 4.66. The van der Waals surface area contributed by atoms with Crippen molar-refractivity contribution in [2.45, 2.75) is 31.2 Å². The summed E-state index contributed by atoms with van der Waals surface area (Å²) in [5.74, 6) is -2.27. The maximum Gasteiger partial charge on any atom is 0.255 e. The van der Waals surface area contributed by atoms with Crippen LogP contribution in [0.1, 0.15) is 24.2 Å². The molecule has 1 aromatic carbocycles. The third-order valence-electron chi connectivity index (χ3n) is 4.79. The minimum atomic E-state index is -4.12. The lowest BCUT2D eigenvalue weighted by Crippen LogP contribution is -2.43. The number of amides is 1. The average Bonchev–Trinajstić information content (AvgIpc) is 2.67. The van der Waals surface area contributed by atoms with Gasteiger partial charge in [-0.3, -0.25) is 9.59 Å². The van der Waals surface area contributed by atoms with Gasteiger partial charge in [-0.2, -0.15) is 4.31 Å². The Labute approximate surface area is 166 Å². The predicted octanol–water partition coefficient (Wildman–Crippen LogP) is 1.07. The summed E-state index contributed by atoms with van der Waals surface area (Å²) >= 11 is 0. The monoisotopic (exact) mass is 426 g/mol. The third kappa shape index (κ3) is 4.67. The quantitative estimate of drug-likeness (QED) is 0.743. The van der Waals surface area contributed by atoms with Crippen LogP contribution in [0.2, 0.25) is 0 Å². The zero-order valence-corrected chi connectivity index (χ0v) is 16.4. The Morgan fingerprint density at radius 2 is 2.00 bits per heavy atom. The van der Waals surface area contributed by atoms with Crippen molar-refractivity contribution in [1.29, 1.82) is 0 Å². The molecule has 1 aliphatic rings. The molecule has 0 atom stereocenters. The van der Waals surface area contributed by atoms with E-state index < -0.39 is 32.5 Å². The summed E-state index contributed by atoms with van der Waals surface area (Å²) < 4.78 is 53.2. The highest BCUT2D eigenvalue weighted by atomic mass is 32.2. The summed E-state index contributed by atoms with van der Waals surface area (Å²) in [6.45, 7) is 1.72. The molecular formula is C18H20F2N4O4S. The molecule has 1 aliphatic heterocycles. The van der Waals surface area contributed by atoms with Gasteiger partial charge in [-0.05, 0) is 31.9 Å². The summed E-state index contributed by atoms with van der Waals surface area (Å²) in [5.41, 5.74) is -0.0178. The molecule has 2 N–H and O–H groups in total. The number of benzene rings is 1. The molecule has 29 heavy (non-hydrogen) atoms. The van der Waals surface area contributed by atoms with Gasteiger partial charge in [0.15, 0.2) is 0 Å². The first-order chi connectivity index (χ1) is 13.7. The van der Waals surface area contributed by atoms with Crippen molar-refractivity contribution in [3.8, 4) is 0 Å². The Hall–Kier alpha value is -2.66. The maximum atomic E-state index is 13.9. The van der Waals surface area contributed by atoms with Crippen molar-refractivity contribution in [3.63, 3.8) is 0 Å². The number of H-pyrrole nitrogens is 1. The van der Waals surface area contributed by atoms with Gasteiger partial charge in [-0.15, -0.1) is 0 Å². The fourth-order valence-electron chi connectivity index (χ4n) is 3.14. The number of aromatic nitrogens is 2. The number of rotatable bonds is 5. The molecular weight excluding hydrogens is 406 g/mol. The van der Waals surface area contributed by atoms with E-state index in [1.165, 1.54) is 6.20 Å². The molecule has 11 heteroatoms. The lowest BCUT2D eigenvalue weighted by Gasteiger charge is -2.30. The van der Waals surface area contributed by atoms with E-state index in [0.29, 0.717) is 17.5 Å². The number of aryl methyl sites for hydroxylation is 1. The van der Waals surface area contributed by atoms with E-state index >= 15 is 0 Å². The van der Waals surface area contributed by atoms with Gasteiger partial charge in [0.1, 0.15) is 22.4 Å². The van der Waals surface area contributed by atoms with E-state index in [2.05, 4.69) is 15.3 Å². The van der Waals surface area contributed by atoms with Gasteiger partial charge >= 0.3 is 0 Å². The van der Waals surface area contributed by atoms with Crippen LogP contribution < -0.4 is 10.9 Å². The van der Waals surface area contributed by atoms with Gasteiger partial charge in [-0.1, -0.05) is 0 Å². The van der Waals surface area contributed by atoms with Gasteiger partial charge in [0.25, 0.3) is 5.56 Å². The number of aromatic amines is 1. The number of hydrogen-bond donors (Lipinski definition) is 2. The smallest absolute Gasteiger partial charge is 0.255 e. The molecule has 0 unspecified atom stereocenters. The first kappa shape index (κ1) is 21.1. The molecule has 1 aromatic heterocycles. The second-order valence-corrected chi connectivity index (χ2v) is 8.70. The molecule has 2 heterocycles. The van der Waals surface area contributed by atoms with Crippen LogP contribution in [0.5, 0.6) is 0 Å². The third-order valence-corrected chi connectivity index (χ3v) is 6.72. The topological polar surface area (TPSA) is 112 Å². The van der Waals surface area contributed by atoms with Crippen molar-refractivity contribution in [1.82, 2.24) is 19.6 Å². The number of piperidine rings is 1. The van der Waals surface area contributed by atoms with Crippen LogP contribution in [0.3, 0.4) is 0 Å². The van der Waals surface area contributed by atoms with Crippen LogP contribution >= 0.6 is 0 Å². The van der Waals surface area contributed by atoms with E-state index in [9.17, 15) is 26.8 Å². The van der Waals surface area contributed by atoms with Crippen molar-refractivity contribution in [3.05, 3.63) is 57.8 Å². The van der Waals surface area contributed by atoms with Gasteiger partial charge in [0.05, 0.1) is 5.56 Å². The lowest BCUT2D eigenvalue weighted by molar-refractivity contribution is -0.126. The molecule has 2 aromatic rings. The number of nitrogens with one attached hydrogen (secondary N) is 2. The minimum absolute atomic E-state index is 0.0146. The molecule has 0 aliphatic carbocycles. The van der Waals surface area contributed by atoms with Crippen molar-refractivity contribution in [2.24, 2.45) is 5.92 Å². The largest absolute Gasteiger partial charge is 0.352 e. The molecule has 1 fully saturated rings. The van der Waals surface area contributed by atoms with Gasteiger partial charge in [-0.25, -0.2) is 22.2 Å². The molecule has 0 saturated carbocycles. The Kier molecular flexibility index (Phi) is 6.08. The normalized spacial score (nSPS) is 16.0. The number of carbonyl (C=O) groups is 1. The van der Waals surface area contributed by atoms with Crippen LogP contribution in [0.25, 0.3) is 0 Å². The van der Waals surface area contributed by atoms with E-state index in [0.717, 1.165) is 16.4 Å². The van der Waals surface area contributed by atoms with Gasteiger partial charge < -0.3 is 10.3 Å². The SMILES string of the molecule is Cc1ncc(CNC(=O)C2CCN(S(=O)(=O)c3ccc(F)cc3F)CC2)c(=O)[nH]1. The Morgan fingerprint density at radius 3 is 2.62 bits per heavy atom. The zero-order chi connectivity index (χ0) is 21.2. The molecule has 0 spiro atoms. The lowest BCUT2D eigenvalue weighted by atomic mass is 9.97. The summed E-state index contributed by atoms with van der Waals surface area (Å²) in [4.78, 5) is 30.1. The second kappa shape index (κ2) is 8.37. The molecule has 156 valence electrons. The first-order valence-electron chi connectivity index (χ1n) is 8.96. The molecule has 1 saturated heterocycles. The van der Waals surface area contributed by atoms with Crippen molar-refractivity contribution in [2.75, 3.05) is 13.1 Å². The van der Waals surface area contributed by atoms with Crippen LogP contribution in [0, 0.1) is 24.5 Å². The van der Waals surface area contributed by atoms with Crippen LogP contribution in [0.4, 0.5) is 8.78 Å². The zero-order valence-electron chi connectivity index (χ0n) is 15.6. The summed E-state index contributed by atoms with van der Waals surface area (Å²) in [5, 5.41) is 2.66. The van der Waals surface area contributed by atoms with E-state index in [-0.39, 0.29) is 43.9 Å². The Morgan fingerprint density at radius 1 is 1.31 bits per heavy atom. The van der Waals surface area contributed by atoms with E-state index in [1.54, 1.807) is 6.92 Å². The number of carbonyl (C=O) groups excluding carboxylic acids is 1. The highest BCUT2D eigenvalue weighted by molar-refractivity contribution is 7.89. The second-order valence-electron chi connectivity index (χ2n) is 6.79. The van der Waals surface area contributed by atoms with E-state index in [4.69, 9.17) is 0 Å². The fraction of sp³-hybridized carbons (Fsp3) is 0.389. The predicted molar refractivity (Wildman–Crippen MR) is 99.3 cm³/mol. The number of sulfonamides is 1. The van der Waals surface area contributed by atoms with Crippen LogP contribution in [-0.2, 0) is 21.4 Å². The van der Waals surface area contributed by atoms with Crippen molar-refractivity contribution < 1.29 is 22.0 Å². The van der Waals surface area contributed by atoms with Crippen LogP contribution in [0.15, 0.2) is 34.1 Å². The van der Waals surface area contributed by atoms with Gasteiger partial charge in [0, 0.05) is 37.8 Å². The van der Waals surface area contributed by atoms with Crippen molar-refractivity contribution >= 4 is 15.9 Å². The standard InChI is InChI=1S/C18H20F2N4O4S/c1-11-21-9-13(18(26)23-11)10-22-17(25)12-4-6-24(7-5-12)29(27,28)16-3-2-14(19)8-15(16)20/h2-3,8-9,12H,4-7,10H2,1H3,(H,22,25)(H,21,23,26). The Bertz CT molecular complexity index is 1080. The summed E-state index contributed by atoms with van der Waals surface area (Å²) in [6, 6.07) is 2.30. The van der Waals surface area contributed by atoms with E-state index in [1.807, 2.05) is 0 Å². The number of nitrogens with zero attached hydrogens (tertiary/aromatic N) is 2. The summed E-state index contributed by atoms with van der Waals surface area (Å²) in [6.07, 6.45) is 1.88. The molecule has 0 bridgehead atoms. The number of hydrogen-bond acceptors (Lipinski definition) is 5.